The van der Waals surface area contributed by atoms with E-state index in [0.717, 1.165) is 12.0 Å². The molecule has 2 atom stereocenters. The summed E-state index contributed by atoms with van der Waals surface area (Å²) in [6.45, 7) is 4.13. The Labute approximate surface area is 108 Å². The van der Waals surface area contributed by atoms with Gasteiger partial charge in [0.05, 0.1) is 12.0 Å². The molecule has 18 heavy (non-hydrogen) atoms. The van der Waals surface area contributed by atoms with Crippen LogP contribution in [0.5, 0.6) is 0 Å². The van der Waals surface area contributed by atoms with Crippen LogP contribution in [0.25, 0.3) is 0 Å². The van der Waals surface area contributed by atoms with Crippen LogP contribution in [0, 0.1) is 0 Å². The van der Waals surface area contributed by atoms with E-state index in [0.29, 0.717) is 18.7 Å². The second kappa shape index (κ2) is 7.01. The molecule has 1 amide bonds. The third-order valence-corrected chi connectivity index (χ3v) is 2.94. The molecule has 4 nitrogen and oxygen atoms in total. The van der Waals surface area contributed by atoms with Crippen molar-refractivity contribution in [3.8, 4) is 0 Å². The number of aliphatic hydroxyl groups is 1. The van der Waals surface area contributed by atoms with Crippen LogP contribution in [0.4, 0.5) is 5.69 Å². The van der Waals surface area contributed by atoms with E-state index in [1.807, 2.05) is 26.0 Å². The molecule has 0 aliphatic carbocycles. The van der Waals surface area contributed by atoms with E-state index in [-0.39, 0.29) is 11.8 Å². The summed E-state index contributed by atoms with van der Waals surface area (Å²) in [5, 5.41) is 12.3. The molecule has 0 saturated heterocycles. The Hall–Kier alpha value is -1.55. The molecule has 0 saturated carbocycles. The molecule has 0 aliphatic heterocycles. The van der Waals surface area contributed by atoms with Gasteiger partial charge in [-0.05, 0) is 31.0 Å². The Morgan fingerprint density at radius 1 is 1.50 bits per heavy atom. The van der Waals surface area contributed by atoms with E-state index in [2.05, 4.69) is 5.32 Å². The smallest absolute Gasteiger partial charge is 0.227 e. The summed E-state index contributed by atoms with van der Waals surface area (Å²) in [7, 11) is 0. The van der Waals surface area contributed by atoms with Gasteiger partial charge in [0.15, 0.2) is 0 Å². The van der Waals surface area contributed by atoms with Crippen molar-refractivity contribution in [2.75, 3.05) is 12.3 Å². The number of nitrogens with two attached hydrogens (primary N) is 1. The first-order chi connectivity index (χ1) is 8.54. The second-order valence-electron chi connectivity index (χ2n) is 4.58. The van der Waals surface area contributed by atoms with Crippen LogP contribution in [0.2, 0.25) is 0 Å². The molecular formula is C14H22N2O2. The standard InChI is InChI=1S/C14H22N2O2/c1-3-5-13(17)9-16-14(18)10(2)11-6-4-7-12(15)8-11/h4,6-8,10,13,17H,3,5,9,15H2,1-2H3,(H,16,18). The maximum Gasteiger partial charge on any atom is 0.227 e. The van der Waals surface area contributed by atoms with Crippen LogP contribution in [-0.2, 0) is 4.79 Å². The zero-order valence-electron chi connectivity index (χ0n) is 11.0. The number of nitrogens with one attached hydrogen (secondary N) is 1. The lowest BCUT2D eigenvalue weighted by molar-refractivity contribution is -0.122. The van der Waals surface area contributed by atoms with Gasteiger partial charge in [0.25, 0.3) is 0 Å². The highest BCUT2D eigenvalue weighted by atomic mass is 16.3. The SMILES string of the molecule is CCCC(O)CNC(=O)C(C)c1cccc(N)c1. The number of hydrogen-bond donors (Lipinski definition) is 3. The van der Waals surface area contributed by atoms with Crippen LogP contribution in [-0.4, -0.2) is 23.7 Å². The number of nitrogen functional groups attached to an aromatic ring is 1. The number of amides is 1. The fraction of sp³-hybridized carbons (Fsp3) is 0.500. The Kier molecular flexibility index (Phi) is 5.65. The predicted octanol–water partition coefficient (Wildman–Crippen LogP) is 1.65. The van der Waals surface area contributed by atoms with Gasteiger partial charge in [-0.2, -0.15) is 0 Å². The van der Waals surface area contributed by atoms with Gasteiger partial charge in [0.1, 0.15) is 0 Å². The largest absolute Gasteiger partial charge is 0.399 e. The molecule has 0 heterocycles. The highest BCUT2D eigenvalue weighted by Gasteiger charge is 2.15. The minimum Gasteiger partial charge on any atom is -0.399 e. The lowest BCUT2D eigenvalue weighted by Gasteiger charge is -2.15. The van der Waals surface area contributed by atoms with Crippen LogP contribution in [0.15, 0.2) is 24.3 Å². The number of carbonyl (C=O) groups is 1. The molecule has 0 fully saturated rings. The maximum absolute atomic E-state index is 11.9. The highest BCUT2D eigenvalue weighted by Crippen LogP contribution is 2.17. The van der Waals surface area contributed by atoms with Crippen molar-refractivity contribution in [2.45, 2.75) is 38.7 Å². The van der Waals surface area contributed by atoms with Crippen LogP contribution >= 0.6 is 0 Å². The number of carbonyl (C=O) groups excluding carboxylic acids is 1. The Morgan fingerprint density at radius 2 is 2.22 bits per heavy atom. The van der Waals surface area contributed by atoms with Crippen LogP contribution < -0.4 is 11.1 Å². The average Bonchev–Trinajstić information content (AvgIpc) is 2.35. The van der Waals surface area contributed by atoms with Crippen LogP contribution in [0.3, 0.4) is 0 Å². The fourth-order valence-corrected chi connectivity index (χ4v) is 1.79. The fourth-order valence-electron chi connectivity index (χ4n) is 1.79. The summed E-state index contributed by atoms with van der Waals surface area (Å²) in [5.41, 5.74) is 7.22. The van der Waals surface area contributed by atoms with Crippen LogP contribution in [0.1, 0.15) is 38.2 Å². The van der Waals surface area contributed by atoms with E-state index < -0.39 is 6.10 Å². The monoisotopic (exact) mass is 250 g/mol. The van der Waals surface area contributed by atoms with Crippen molar-refractivity contribution >= 4 is 11.6 Å². The van der Waals surface area contributed by atoms with E-state index in [9.17, 15) is 9.90 Å². The molecule has 1 aromatic carbocycles. The van der Waals surface area contributed by atoms with Gasteiger partial charge in [0.2, 0.25) is 5.91 Å². The second-order valence-corrected chi connectivity index (χ2v) is 4.58. The number of hydrogen-bond acceptors (Lipinski definition) is 3. The van der Waals surface area contributed by atoms with E-state index >= 15 is 0 Å². The third-order valence-electron chi connectivity index (χ3n) is 2.94. The number of rotatable bonds is 6. The number of aliphatic hydroxyl groups excluding tert-OH is 1. The third kappa shape index (κ3) is 4.37. The lowest BCUT2D eigenvalue weighted by Crippen LogP contribution is -2.34. The molecule has 1 rings (SSSR count). The first-order valence-corrected chi connectivity index (χ1v) is 6.35. The van der Waals surface area contributed by atoms with Gasteiger partial charge in [-0.15, -0.1) is 0 Å². The molecule has 2 unspecified atom stereocenters. The summed E-state index contributed by atoms with van der Waals surface area (Å²) in [4.78, 5) is 11.9. The van der Waals surface area contributed by atoms with E-state index in [1.165, 1.54) is 0 Å². The van der Waals surface area contributed by atoms with Gasteiger partial charge >= 0.3 is 0 Å². The molecule has 0 bridgehead atoms. The quantitative estimate of drug-likeness (QED) is 0.672. The van der Waals surface area contributed by atoms with Crippen molar-refractivity contribution in [1.82, 2.24) is 5.32 Å². The highest BCUT2D eigenvalue weighted by molar-refractivity contribution is 5.83. The van der Waals surface area contributed by atoms with Gasteiger partial charge < -0.3 is 16.2 Å². The van der Waals surface area contributed by atoms with Gasteiger partial charge in [-0.25, -0.2) is 0 Å². The number of benzene rings is 1. The summed E-state index contributed by atoms with van der Waals surface area (Å²) in [6, 6.07) is 7.30. The maximum atomic E-state index is 11.9. The number of anilines is 1. The van der Waals surface area contributed by atoms with Gasteiger partial charge in [0, 0.05) is 12.2 Å². The Bertz CT molecular complexity index is 393. The zero-order valence-corrected chi connectivity index (χ0v) is 11.0. The summed E-state index contributed by atoms with van der Waals surface area (Å²) in [5.74, 6) is -0.349. The molecule has 4 N–H and O–H groups in total. The Balaban J connectivity index is 2.51. The molecular weight excluding hydrogens is 228 g/mol. The first kappa shape index (κ1) is 14.5. The van der Waals surface area contributed by atoms with Crippen molar-refractivity contribution in [1.29, 1.82) is 0 Å². The van der Waals surface area contributed by atoms with Crippen molar-refractivity contribution in [2.24, 2.45) is 0 Å². The average molecular weight is 250 g/mol. The van der Waals surface area contributed by atoms with Crippen molar-refractivity contribution < 1.29 is 9.90 Å². The predicted molar refractivity (Wildman–Crippen MR) is 73.2 cm³/mol. The summed E-state index contributed by atoms with van der Waals surface area (Å²) >= 11 is 0. The molecule has 4 heteroatoms. The first-order valence-electron chi connectivity index (χ1n) is 6.35. The van der Waals surface area contributed by atoms with E-state index in [1.54, 1.807) is 12.1 Å². The van der Waals surface area contributed by atoms with Crippen molar-refractivity contribution in [3.63, 3.8) is 0 Å². The summed E-state index contributed by atoms with van der Waals surface area (Å²) < 4.78 is 0. The topological polar surface area (TPSA) is 75.3 Å². The van der Waals surface area contributed by atoms with Crippen molar-refractivity contribution in [3.05, 3.63) is 29.8 Å². The molecule has 0 spiro atoms. The molecule has 0 aromatic heterocycles. The minimum absolute atomic E-state index is 0.0873. The molecule has 100 valence electrons. The minimum atomic E-state index is -0.466. The van der Waals surface area contributed by atoms with Gasteiger partial charge in [-0.1, -0.05) is 25.5 Å². The van der Waals surface area contributed by atoms with E-state index in [4.69, 9.17) is 5.73 Å². The molecule has 1 aromatic rings. The molecule has 0 radical (unpaired) electrons. The van der Waals surface area contributed by atoms with Gasteiger partial charge in [-0.3, -0.25) is 4.79 Å². The summed E-state index contributed by atoms with van der Waals surface area (Å²) in [6.07, 6.45) is 1.14. The normalized spacial score (nSPS) is 13.9. The zero-order chi connectivity index (χ0) is 13.5. The lowest BCUT2D eigenvalue weighted by atomic mass is 10.00. The molecule has 0 aliphatic rings. The Morgan fingerprint density at radius 3 is 2.83 bits per heavy atom.